The molecule has 0 aliphatic carbocycles. The van der Waals surface area contributed by atoms with Crippen molar-refractivity contribution in [3.63, 3.8) is 0 Å². The minimum absolute atomic E-state index is 0.290. The number of carbonyl (C=O) groups is 2. The largest absolute Gasteiger partial charge is 0.465 e. The van der Waals surface area contributed by atoms with Gasteiger partial charge in [-0.05, 0) is 41.3 Å². The van der Waals surface area contributed by atoms with Crippen molar-refractivity contribution in [2.45, 2.75) is 6.54 Å². The molecule has 1 amide bonds. The van der Waals surface area contributed by atoms with Crippen molar-refractivity contribution in [1.29, 1.82) is 0 Å². The fraction of sp³-hybridized carbons (Fsp3) is 0.100. The van der Waals surface area contributed by atoms with Crippen molar-refractivity contribution in [2.75, 3.05) is 12.4 Å². The maximum absolute atomic E-state index is 12.5. The quantitative estimate of drug-likeness (QED) is 0.525. The van der Waals surface area contributed by atoms with E-state index in [9.17, 15) is 9.59 Å². The molecule has 1 N–H and O–H groups in total. The fourth-order valence-corrected chi connectivity index (χ4v) is 3.59. The number of benzene rings is 2. The lowest BCUT2D eigenvalue weighted by atomic mass is 10.1. The highest BCUT2D eigenvalue weighted by Gasteiger charge is 2.16. The van der Waals surface area contributed by atoms with Gasteiger partial charge in [-0.3, -0.25) is 4.79 Å². The molecule has 0 fully saturated rings. The average molecular weight is 392 g/mol. The molecule has 4 rings (SSSR count). The molecule has 0 saturated heterocycles. The Hall–Kier alpha value is -3.52. The highest BCUT2D eigenvalue weighted by atomic mass is 32.1. The molecule has 2 aromatic carbocycles. The number of thiophene rings is 1. The Bertz CT molecular complexity index is 1150. The van der Waals surface area contributed by atoms with E-state index in [1.807, 2.05) is 41.1 Å². The van der Waals surface area contributed by atoms with Gasteiger partial charge in [-0.25, -0.2) is 9.48 Å². The molecule has 7 nitrogen and oxygen atoms in total. The number of para-hydroxylation sites is 1. The highest BCUT2D eigenvalue weighted by Crippen LogP contribution is 2.24. The van der Waals surface area contributed by atoms with Gasteiger partial charge in [0.25, 0.3) is 5.91 Å². The first-order chi connectivity index (χ1) is 13.7. The normalized spacial score (nSPS) is 10.8. The lowest BCUT2D eigenvalue weighted by Gasteiger charge is -2.07. The minimum atomic E-state index is -0.472. The number of hydrogen-bond donors (Lipinski definition) is 1. The number of fused-ring (bicyclic) bond motifs is 1. The molecule has 0 radical (unpaired) electrons. The van der Waals surface area contributed by atoms with Gasteiger partial charge in [0.1, 0.15) is 10.4 Å². The van der Waals surface area contributed by atoms with Crippen LogP contribution < -0.4 is 5.32 Å². The van der Waals surface area contributed by atoms with Crippen LogP contribution in [0.5, 0.6) is 0 Å². The highest BCUT2D eigenvalue weighted by molar-refractivity contribution is 7.12. The molecule has 0 aliphatic heterocycles. The van der Waals surface area contributed by atoms with E-state index < -0.39 is 5.97 Å². The van der Waals surface area contributed by atoms with Gasteiger partial charge in [-0.2, -0.15) is 0 Å². The summed E-state index contributed by atoms with van der Waals surface area (Å²) >= 11 is 1.22. The van der Waals surface area contributed by atoms with E-state index in [0.29, 0.717) is 22.7 Å². The van der Waals surface area contributed by atoms with Gasteiger partial charge in [0, 0.05) is 5.56 Å². The van der Waals surface area contributed by atoms with E-state index in [-0.39, 0.29) is 5.91 Å². The second-order valence-corrected chi connectivity index (χ2v) is 6.96. The lowest BCUT2D eigenvalue weighted by molar-refractivity contribution is 0.0607. The zero-order valence-corrected chi connectivity index (χ0v) is 15.8. The van der Waals surface area contributed by atoms with Crippen molar-refractivity contribution in [2.24, 2.45) is 0 Å². The summed E-state index contributed by atoms with van der Waals surface area (Å²) in [5, 5.41) is 12.8. The summed E-state index contributed by atoms with van der Waals surface area (Å²) in [7, 11) is 1.31. The van der Waals surface area contributed by atoms with E-state index in [1.165, 1.54) is 18.4 Å². The van der Waals surface area contributed by atoms with Crippen LogP contribution in [0.15, 0.2) is 60.0 Å². The predicted molar refractivity (Wildman–Crippen MR) is 107 cm³/mol. The molecular formula is C20H16N4O3S. The standard InChI is InChI=1S/C20H16N4O3S/c1-27-20(26)18-16(10-11-28-18)21-19(25)14-8-6-13(7-9-14)12-24-17-5-3-2-4-15(17)22-23-24/h2-11H,12H2,1H3,(H,21,25). The van der Waals surface area contributed by atoms with E-state index in [2.05, 4.69) is 15.6 Å². The molecule has 0 aliphatic rings. The summed E-state index contributed by atoms with van der Waals surface area (Å²) in [4.78, 5) is 24.6. The van der Waals surface area contributed by atoms with Crippen LogP contribution in [0.4, 0.5) is 5.69 Å². The first kappa shape index (κ1) is 17.9. The molecule has 2 aromatic heterocycles. The van der Waals surface area contributed by atoms with E-state index in [1.54, 1.807) is 23.6 Å². The van der Waals surface area contributed by atoms with E-state index in [0.717, 1.165) is 16.6 Å². The number of aromatic nitrogens is 3. The molecule has 2 heterocycles. The van der Waals surface area contributed by atoms with Crippen LogP contribution in [-0.4, -0.2) is 34.0 Å². The van der Waals surface area contributed by atoms with Gasteiger partial charge >= 0.3 is 5.97 Å². The van der Waals surface area contributed by atoms with Crippen LogP contribution in [0.25, 0.3) is 11.0 Å². The maximum atomic E-state index is 12.5. The Labute approximate surface area is 164 Å². The number of anilines is 1. The molecule has 28 heavy (non-hydrogen) atoms. The van der Waals surface area contributed by atoms with E-state index >= 15 is 0 Å². The summed E-state index contributed by atoms with van der Waals surface area (Å²) in [6.07, 6.45) is 0. The molecule has 0 saturated carbocycles. The number of carbonyl (C=O) groups excluding carboxylic acids is 2. The number of nitrogens with zero attached hydrogens (tertiary/aromatic N) is 3. The zero-order chi connectivity index (χ0) is 19.5. The maximum Gasteiger partial charge on any atom is 0.350 e. The molecule has 8 heteroatoms. The fourth-order valence-electron chi connectivity index (χ4n) is 2.82. The molecule has 140 valence electrons. The number of rotatable bonds is 5. The van der Waals surface area contributed by atoms with Gasteiger partial charge in [0.05, 0.1) is 24.9 Å². The van der Waals surface area contributed by atoms with Crippen LogP contribution >= 0.6 is 11.3 Å². The summed E-state index contributed by atoms with van der Waals surface area (Å²) in [5.74, 6) is -0.762. The van der Waals surface area contributed by atoms with Gasteiger partial charge in [-0.1, -0.05) is 29.5 Å². The number of nitrogens with one attached hydrogen (secondary N) is 1. The zero-order valence-electron chi connectivity index (χ0n) is 15.0. The Morgan fingerprint density at radius 3 is 2.68 bits per heavy atom. The van der Waals surface area contributed by atoms with Crippen molar-refractivity contribution >= 4 is 39.9 Å². The topological polar surface area (TPSA) is 86.1 Å². The third kappa shape index (κ3) is 3.49. The molecule has 4 aromatic rings. The molecule has 0 bridgehead atoms. The first-order valence-corrected chi connectivity index (χ1v) is 9.38. The number of amides is 1. The number of ether oxygens (including phenoxy) is 1. The van der Waals surface area contributed by atoms with Crippen LogP contribution in [0, 0.1) is 0 Å². The lowest BCUT2D eigenvalue weighted by Crippen LogP contribution is -2.14. The molecule has 0 atom stereocenters. The third-order valence-electron chi connectivity index (χ3n) is 4.25. The SMILES string of the molecule is COC(=O)c1sccc1NC(=O)c1ccc(Cn2nnc3ccccc32)cc1. The van der Waals surface area contributed by atoms with Crippen LogP contribution in [0.3, 0.4) is 0 Å². The third-order valence-corrected chi connectivity index (χ3v) is 5.15. The van der Waals surface area contributed by atoms with Gasteiger partial charge in [-0.15, -0.1) is 16.4 Å². The minimum Gasteiger partial charge on any atom is -0.465 e. The Balaban J connectivity index is 1.48. The van der Waals surface area contributed by atoms with Gasteiger partial charge < -0.3 is 10.1 Å². The summed E-state index contributed by atoms with van der Waals surface area (Å²) < 4.78 is 6.54. The monoisotopic (exact) mass is 392 g/mol. The van der Waals surface area contributed by atoms with Crippen LogP contribution in [0.2, 0.25) is 0 Å². The van der Waals surface area contributed by atoms with Crippen LogP contribution in [-0.2, 0) is 11.3 Å². The van der Waals surface area contributed by atoms with Gasteiger partial charge in [0.15, 0.2) is 0 Å². The number of esters is 1. The van der Waals surface area contributed by atoms with Crippen molar-refractivity contribution in [3.8, 4) is 0 Å². The molecule has 0 unspecified atom stereocenters. The smallest absolute Gasteiger partial charge is 0.350 e. The Morgan fingerprint density at radius 1 is 1.11 bits per heavy atom. The van der Waals surface area contributed by atoms with E-state index in [4.69, 9.17) is 4.74 Å². The Kier molecular flexibility index (Phi) is 4.86. The van der Waals surface area contributed by atoms with Crippen molar-refractivity contribution < 1.29 is 14.3 Å². The van der Waals surface area contributed by atoms with Crippen LogP contribution in [0.1, 0.15) is 25.6 Å². The second kappa shape index (κ2) is 7.61. The predicted octanol–water partition coefficient (Wildman–Crippen LogP) is 3.58. The number of methoxy groups -OCH3 is 1. The Morgan fingerprint density at radius 2 is 1.89 bits per heavy atom. The summed E-state index contributed by atoms with van der Waals surface area (Å²) in [5.41, 5.74) is 3.74. The molecular weight excluding hydrogens is 376 g/mol. The first-order valence-electron chi connectivity index (χ1n) is 8.50. The van der Waals surface area contributed by atoms with Gasteiger partial charge in [0.2, 0.25) is 0 Å². The number of hydrogen-bond acceptors (Lipinski definition) is 6. The summed E-state index contributed by atoms with van der Waals surface area (Å²) in [6.45, 7) is 0.555. The molecule has 0 spiro atoms. The van der Waals surface area contributed by atoms with Crippen molar-refractivity contribution in [1.82, 2.24) is 15.0 Å². The summed E-state index contributed by atoms with van der Waals surface area (Å²) in [6, 6.07) is 16.7. The average Bonchev–Trinajstić information content (AvgIpc) is 3.35. The second-order valence-electron chi connectivity index (χ2n) is 6.04. The van der Waals surface area contributed by atoms with Crippen molar-refractivity contribution in [3.05, 3.63) is 76.0 Å².